The van der Waals surface area contributed by atoms with Crippen molar-refractivity contribution in [3.8, 4) is 0 Å². The molecule has 0 radical (unpaired) electrons. The molecule has 0 saturated heterocycles. The van der Waals surface area contributed by atoms with Gasteiger partial charge in [-0.2, -0.15) is 0 Å². The fourth-order valence-electron chi connectivity index (χ4n) is 0.618. The second-order valence-electron chi connectivity index (χ2n) is 2.94. The van der Waals surface area contributed by atoms with Gasteiger partial charge in [-0.1, -0.05) is 0 Å². The van der Waals surface area contributed by atoms with Crippen LogP contribution in [0.5, 0.6) is 0 Å². The number of nitrogens with two attached hydrogens (primary N) is 2. The molecule has 0 aliphatic heterocycles. The first-order valence-electron chi connectivity index (χ1n) is 4.64. The smallest absolute Gasteiger partial charge is 0.151 e. The zero-order chi connectivity index (χ0) is 13.1. The molecule has 4 atom stereocenters. The van der Waals surface area contributed by atoms with E-state index in [1.807, 2.05) is 0 Å². The third-order valence-electron chi connectivity index (χ3n) is 1.59. The van der Waals surface area contributed by atoms with Crippen molar-refractivity contribution in [1.82, 2.24) is 0 Å². The topological polar surface area (TPSA) is 170 Å². The quantitative estimate of drug-likeness (QED) is 0.228. The lowest BCUT2D eigenvalue weighted by molar-refractivity contribution is -0.136. The lowest BCUT2D eigenvalue weighted by Gasteiger charge is -2.22. The third kappa shape index (κ3) is 7.65. The van der Waals surface area contributed by atoms with Crippen LogP contribution in [0.25, 0.3) is 0 Å². The maximum absolute atomic E-state index is 9.90. The normalized spacial score (nSPS) is 17.7. The van der Waals surface area contributed by atoms with Gasteiger partial charge in [0.25, 0.3) is 0 Å². The largest absolute Gasteiger partial charge is 0.394 e. The summed E-state index contributed by atoms with van der Waals surface area (Å²) in [4.78, 5) is 9.90. The highest BCUT2D eigenvalue weighted by Crippen LogP contribution is 2.02. The van der Waals surface area contributed by atoms with E-state index in [9.17, 15) is 4.79 Å². The minimum Gasteiger partial charge on any atom is -0.394 e. The SMILES string of the molecule is NCCN.O=CC(O)C(O)C(O)C(O)CO. The van der Waals surface area contributed by atoms with E-state index in [2.05, 4.69) is 0 Å². The lowest BCUT2D eigenvalue weighted by atomic mass is 10.0. The molecule has 0 rings (SSSR count). The third-order valence-corrected chi connectivity index (χ3v) is 1.59. The van der Waals surface area contributed by atoms with E-state index in [0.29, 0.717) is 13.1 Å². The first-order chi connectivity index (χ1) is 7.45. The highest BCUT2D eigenvalue weighted by molar-refractivity contribution is 5.56. The molecule has 0 amide bonds. The van der Waals surface area contributed by atoms with Gasteiger partial charge >= 0.3 is 0 Å². The fraction of sp³-hybridized carbons (Fsp3) is 0.875. The zero-order valence-electron chi connectivity index (χ0n) is 8.81. The van der Waals surface area contributed by atoms with E-state index in [1.165, 1.54) is 0 Å². The van der Waals surface area contributed by atoms with Crippen molar-refractivity contribution in [2.24, 2.45) is 11.5 Å². The molecule has 98 valence electrons. The maximum Gasteiger partial charge on any atom is 0.151 e. The Morgan fingerprint density at radius 3 is 1.69 bits per heavy atom. The Labute approximate surface area is 93.1 Å². The van der Waals surface area contributed by atoms with Gasteiger partial charge in [-0.05, 0) is 0 Å². The van der Waals surface area contributed by atoms with Crippen molar-refractivity contribution < 1.29 is 30.3 Å². The van der Waals surface area contributed by atoms with Crippen molar-refractivity contribution in [2.45, 2.75) is 24.4 Å². The predicted octanol–water partition coefficient (Wildman–Crippen LogP) is -4.47. The van der Waals surface area contributed by atoms with Gasteiger partial charge in [-0.25, -0.2) is 0 Å². The lowest BCUT2D eigenvalue weighted by Crippen LogP contribution is -2.46. The summed E-state index contributed by atoms with van der Waals surface area (Å²) in [5, 5.41) is 43.5. The van der Waals surface area contributed by atoms with Gasteiger partial charge < -0.3 is 41.8 Å². The summed E-state index contributed by atoms with van der Waals surface area (Å²) in [5.41, 5.74) is 9.81. The Morgan fingerprint density at radius 1 is 1.00 bits per heavy atom. The van der Waals surface area contributed by atoms with Crippen LogP contribution in [0.4, 0.5) is 0 Å². The number of hydrogen-bond acceptors (Lipinski definition) is 8. The van der Waals surface area contributed by atoms with Crippen LogP contribution in [-0.4, -0.2) is 75.9 Å². The predicted molar refractivity (Wildman–Crippen MR) is 55.3 cm³/mol. The summed E-state index contributed by atoms with van der Waals surface area (Å²) in [6.07, 6.45) is -6.84. The van der Waals surface area contributed by atoms with Crippen molar-refractivity contribution in [3.63, 3.8) is 0 Å². The standard InChI is InChI=1S/C6H12O6.C2H8N2/c7-1-3(9)5(11)6(12)4(10)2-8;3-1-2-4/h1,3-6,8-12H,2H2;1-4H2. The molecular formula is C8H20N2O6. The minimum atomic E-state index is -1.79. The van der Waals surface area contributed by atoms with Gasteiger partial charge in [0.05, 0.1) is 6.61 Å². The molecule has 0 spiro atoms. The van der Waals surface area contributed by atoms with Crippen LogP contribution in [0.2, 0.25) is 0 Å². The van der Waals surface area contributed by atoms with Gasteiger partial charge in [-0.15, -0.1) is 0 Å². The molecule has 0 saturated carbocycles. The molecule has 16 heavy (non-hydrogen) atoms. The van der Waals surface area contributed by atoms with Crippen LogP contribution in [0, 0.1) is 0 Å². The highest BCUT2D eigenvalue weighted by atomic mass is 16.4. The number of aliphatic hydroxyl groups excluding tert-OH is 5. The minimum absolute atomic E-state index is 0.0258. The molecular weight excluding hydrogens is 220 g/mol. The summed E-state index contributed by atoms with van der Waals surface area (Å²) >= 11 is 0. The molecule has 4 unspecified atom stereocenters. The molecule has 0 fully saturated rings. The average molecular weight is 240 g/mol. The van der Waals surface area contributed by atoms with E-state index >= 15 is 0 Å². The number of aliphatic hydroxyl groups is 5. The van der Waals surface area contributed by atoms with Crippen molar-refractivity contribution >= 4 is 6.29 Å². The molecule has 0 aromatic carbocycles. The Balaban J connectivity index is 0. The maximum atomic E-state index is 9.90. The molecule has 0 aliphatic rings. The van der Waals surface area contributed by atoms with Crippen molar-refractivity contribution in [1.29, 1.82) is 0 Å². The monoisotopic (exact) mass is 240 g/mol. The summed E-state index contributed by atoms with van der Waals surface area (Å²) in [6, 6.07) is 0. The van der Waals surface area contributed by atoms with Gasteiger partial charge in [0.1, 0.15) is 24.4 Å². The van der Waals surface area contributed by atoms with Gasteiger partial charge in [0.15, 0.2) is 6.29 Å². The zero-order valence-corrected chi connectivity index (χ0v) is 8.81. The molecule has 0 aromatic rings. The molecule has 0 bridgehead atoms. The van der Waals surface area contributed by atoms with Crippen molar-refractivity contribution in [2.75, 3.05) is 19.7 Å². The Kier molecular flexibility index (Phi) is 12.1. The molecule has 0 aliphatic carbocycles. The molecule has 8 nitrogen and oxygen atoms in total. The fourth-order valence-corrected chi connectivity index (χ4v) is 0.618. The van der Waals surface area contributed by atoms with E-state index in [0.717, 1.165) is 0 Å². The average Bonchev–Trinajstić information content (AvgIpc) is 2.34. The van der Waals surface area contributed by atoms with E-state index < -0.39 is 31.0 Å². The number of carbonyl (C=O) groups is 1. The van der Waals surface area contributed by atoms with Crippen LogP contribution >= 0.6 is 0 Å². The molecule has 8 heteroatoms. The Bertz CT molecular complexity index is 169. The van der Waals surface area contributed by atoms with Gasteiger partial charge in [0, 0.05) is 13.1 Å². The number of rotatable bonds is 6. The Hall–Kier alpha value is -0.610. The van der Waals surface area contributed by atoms with Crippen LogP contribution in [0.1, 0.15) is 0 Å². The molecule has 0 heterocycles. The highest BCUT2D eigenvalue weighted by Gasteiger charge is 2.29. The van der Waals surface area contributed by atoms with Crippen LogP contribution in [0.3, 0.4) is 0 Å². The summed E-state index contributed by atoms with van der Waals surface area (Å²) in [7, 11) is 0. The molecule has 0 aromatic heterocycles. The number of hydrogen-bond donors (Lipinski definition) is 7. The van der Waals surface area contributed by atoms with E-state index in [1.54, 1.807) is 0 Å². The number of aldehydes is 1. The van der Waals surface area contributed by atoms with Crippen molar-refractivity contribution in [3.05, 3.63) is 0 Å². The summed E-state index contributed by atoms with van der Waals surface area (Å²) < 4.78 is 0. The number of carbonyl (C=O) groups excluding carboxylic acids is 1. The van der Waals surface area contributed by atoms with Crippen LogP contribution < -0.4 is 11.5 Å². The molecule has 9 N–H and O–H groups in total. The van der Waals surface area contributed by atoms with Gasteiger partial charge in [0.2, 0.25) is 0 Å². The van der Waals surface area contributed by atoms with Gasteiger partial charge in [-0.3, -0.25) is 0 Å². The second-order valence-corrected chi connectivity index (χ2v) is 2.94. The van der Waals surface area contributed by atoms with E-state index in [-0.39, 0.29) is 6.29 Å². The summed E-state index contributed by atoms with van der Waals surface area (Å²) in [5.74, 6) is 0. The Morgan fingerprint density at radius 2 is 1.44 bits per heavy atom. The first kappa shape index (κ1) is 17.8. The second kappa shape index (κ2) is 10.9. The summed E-state index contributed by atoms with van der Waals surface area (Å²) in [6.45, 7) is 0.434. The first-order valence-corrected chi connectivity index (χ1v) is 4.64. The van der Waals surface area contributed by atoms with Crippen LogP contribution in [-0.2, 0) is 4.79 Å². The van der Waals surface area contributed by atoms with E-state index in [4.69, 9.17) is 37.0 Å². The van der Waals surface area contributed by atoms with Crippen LogP contribution in [0.15, 0.2) is 0 Å².